The van der Waals surface area contributed by atoms with E-state index in [0.29, 0.717) is 11.7 Å². The number of carbonyl (C=O) groups excluding carboxylic acids is 1. The standard InChI is InChI=1S/C20H27N3O3S2/c1-3-14-12(2)27-18-16(14)19(25)23(11-13-7-6-10-26-13)20(22-18)28-15-8-4-5-9-21-17(15)24/h13,15H,3-11H2,1-2H3,(H,21,24)/t13-,15-/m0/s1. The quantitative estimate of drug-likeness (QED) is 0.750. The van der Waals surface area contributed by atoms with E-state index in [1.54, 1.807) is 15.9 Å². The molecule has 0 radical (unpaired) electrons. The lowest BCUT2D eigenvalue weighted by Crippen LogP contribution is -2.33. The first-order valence-electron chi connectivity index (χ1n) is 10.2. The zero-order valence-corrected chi connectivity index (χ0v) is 18.1. The first-order chi connectivity index (χ1) is 13.6. The topological polar surface area (TPSA) is 73.2 Å². The van der Waals surface area contributed by atoms with Gasteiger partial charge in [0.25, 0.3) is 5.56 Å². The zero-order chi connectivity index (χ0) is 19.7. The van der Waals surface area contributed by atoms with Gasteiger partial charge in [-0.2, -0.15) is 0 Å². The third-order valence-electron chi connectivity index (χ3n) is 5.57. The molecule has 1 N–H and O–H groups in total. The molecule has 6 nitrogen and oxygen atoms in total. The summed E-state index contributed by atoms with van der Waals surface area (Å²) in [4.78, 5) is 32.8. The molecule has 0 aliphatic carbocycles. The smallest absolute Gasteiger partial charge is 0.263 e. The lowest BCUT2D eigenvalue weighted by atomic mass is 10.1. The summed E-state index contributed by atoms with van der Waals surface area (Å²) in [6, 6.07) is 0. The van der Waals surface area contributed by atoms with Gasteiger partial charge in [0.1, 0.15) is 4.83 Å². The molecule has 4 heterocycles. The third kappa shape index (κ3) is 3.86. The number of aryl methyl sites for hydroxylation is 2. The molecule has 2 atom stereocenters. The van der Waals surface area contributed by atoms with Gasteiger partial charge in [-0.05, 0) is 44.6 Å². The molecule has 28 heavy (non-hydrogen) atoms. The van der Waals surface area contributed by atoms with Crippen molar-refractivity contribution in [3.05, 3.63) is 20.8 Å². The van der Waals surface area contributed by atoms with E-state index in [0.717, 1.165) is 72.3 Å². The van der Waals surface area contributed by atoms with Crippen LogP contribution in [0.5, 0.6) is 0 Å². The molecule has 2 fully saturated rings. The van der Waals surface area contributed by atoms with Crippen molar-refractivity contribution in [2.45, 2.75) is 75.4 Å². The number of rotatable bonds is 5. The predicted molar refractivity (Wildman–Crippen MR) is 113 cm³/mol. The Morgan fingerprint density at radius 1 is 1.29 bits per heavy atom. The van der Waals surface area contributed by atoms with Gasteiger partial charge < -0.3 is 10.1 Å². The molecule has 152 valence electrons. The predicted octanol–water partition coefficient (Wildman–Crippen LogP) is 3.27. The van der Waals surface area contributed by atoms with E-state index < -0.39 is 0 Å². The summed E-state index contributed by atoms with van der Waals surface area (Å²) < 4.78 is 7.57. The van der Waals surface area contributed by atoms with Gasteiger partial charge in [0, 0.05) is 18.0 Å². The number of carbonyl (C=O) groups is 1. The molecule has 2 aromatic heterocycles. The number of ether oxygens (including phenoxy) is 1. The van der Waals surface area contributed by atoms with Crippen LogP contribution in [0.2, 0.25) is 0 Å². The van der Waals surface area contributed by atoms with Crippen LogP contribution in [-0.2, 0) is 22.5 Å². The van der Waals surface area contributed by atoms with Crippen LogP contribution < -0.4 is 10.9 Å². The van der Waals surface area contributed by atoms with E-state index >= 15 is 0 Å². The van der Waals surface area contributed by atoms with E-state index in [2.05, 4.69) is 19.2 Å². The second-order valence-electron chi connectivity index (χ2n) is 7.51. The molecule has 2 aliphatic heterocycles. The van der Waals surface area contributed by atoms with Crippen molar-refractivity contribution in [1.82, 2.24) is 14.9 Å². The van der Waals surface area contributed by atoms with Crippen molar-refractivity contribution in [3.63, 3.8) is 0 Å². The van der Waals surface area contributed by atoms with Gasteiger partial charge in [0.15, 0.2) is 5.16 Å². The molecular formula is C20H27N3O3S2. The summed E-state index contributed by atoms with van der Waals surface area (Å²) >= 11 is 3.02. The summed E-state index contributed by atoms with van der Waals surface area (Å²) in [5.41, 5.74) is 1.11. The first-order valence-corrected chi connectivity index (χ1v) is 11.9. The second kappa shape index (κ2) is 8.55. The lowest BCUT2D eigenvalue weighted by Gasteiger charge is -2.18. The molecule has 1 amide bonds. The Labute approximate surface area is 173 Å². The SMILES string of the molecule is CCc1c(C)sc2nc(S[C@H]3CCCCNC3=O)n(C[C@@H]3CCCO3)c(=O)c12. The number of fused-ring (bicyclic) bond motifs is 1. The molecule has 0 saturated carbocycles. The van der Waals surface area contributed by atoms with Gasteiger partial charge >= 0.3 is 0 Å². The molecule has 0 bridgehead atoms. The van der Waals surface area contributed by atoms with Gasteiger partial charge in [0.05, 0.1) is 23.3 Å². The first kappa shape index (κ1) is 19.9. The van der Waals surface area contributed by atoms with E-state index in [4.69, 9.17) is 9.72 Å². The van der Waals surface area contributed by atoms with Gasteiger partial charge in [-0.3, -0.25) is 14.2 Å². The van der Waals surface area contributed by atoms with Crippen molar-refractivity contribution in [2.75, 3.05) is 13.2 Å². The second-order valence-corrected chi connectivity index (χ2v) is 9.88. The molecule has 4 rings (SSSR count). The summed E-state index contributed by atoms with van der Waals surface area (Å²) in [5.74, 6) is 0.0529. The highest BCUT2D eigenvalue weighted by Gasteiger charge is 2.27. The van der Waals surface area contributed by atoms with E-state index in [1.165, 1.54) is 11.8 Å². The fourth-order valence-electron chi connectivity index (χ4n) is 4.05. The Kier molecular flexibility index (Phi) is 6.08. The van der Waals surface area contributed by atoms with Crippen LogP contribution >= 0.6 is 23.1 Å². The number of hydrogen-bond acceptors (Lipinski definition) is 6. The highest BCUT2D eigenvalue weighted by atomic mass is 32.2. The Hall–Kier alpha value is -1.38. The van der Waals surface area contributed by atoms with E-state index in [-0.39, 0.29) is 22.8 Å². The molecule has 8 heteroatoms. The van der Waals surface area contributed by atoms with Gasteiger partial charge in [-0.15, -0.1) is 11.3 Å². The largest absolute Gasteiger partial charge is 0.376 e. The maximum Gasteiger partial charge on any atom is 0.263 e. The molecule has 2 aromatic rings. The zero-order valence-electron chi connectivity index (χ0n) is 16.5. The fourth-order valence-corrected chi connectivity index (χ4v) is 6.37. The van der Waals surface area contributed by atoms with Crippen molar-refractivity contribution >= 4 is 39.2 Å². The number of thiophene rings is 1. The minimum absolute atomic E-state index is 0.0123. The van der Waals surface area contributed by atoms with Crippen LogP contribution in [0.15, 0.2) is 9.95 Å². The van der Waals surface area contributed by atoms with Crippen molar-refractivity contribution in [3.8, 4) is 0 Å². The van der Waals surface area contributed by atoms with Crippen LogP contribution in [-0.4, -0.2) is 40.0 Å². The van der Waals surface area contributed by atoms with Crippen LogP contribution in [0.1, 0.15) is 49.5 Å². The maximum absolute atomic E-state index is 13.5. The molecular weight excluding hydrogens is 394 g/mol. The number of aromatic nitrogens is 2. The summed E-state index contributed by atoms with van der Waals surface area (Å²) in [6.45, 7) is 6.13. The summed E-state index contributed by atoms with van der Waals surface area (Å²) in [5, 5.41) is 4.18. The summed E-state index contributed by atoms with van der Waals surface area (Å²) in [6.07, 6.45) is 5.68. The van der Waals surface area contributed by atoms with Gasteiger partial charge in [-0.25, -0.2) is 4.98 Å². The fraction of sp³-hybridized carbons (Fsp3) is 0.650. The van der Waals surface area contributed by atoms with Crippen LogP contribution in [0.3, 0.4) is 0 Å². The van der Waals surface area contributed by atoms with Crippen molar-refractivity contribution < 1.29 is 9.53 Å². The number of nitrogens with zero attached hydrogens (tertiary/aromatic N) is 2. The van der Waals surface area contributed by atoms with Gasteiger partial charge in [-0.1, -0.05) is 25.1 Å². The third-order valence-corrected chi connectivity index (χ3v) is 7.87. The number of amides is 1. The molecule has 0 unspecified atom stereocenters. The average Bonchev–Trinajstić information content (AvgIpc) is 3.24. The van der Waals surface area contributed by atoms with Crippen LogP contribution in [0.4, 0.5) is 0 Å². The van der Waals surface area contributed by atoms with Gasteiger partial charge in [0.2, 0.25) is 5.91 Å². The number of thioether (sulfide) groups is 1. The van der Waals surface area contributed by atoms with Crippen LogP contribution in [0.25, 0.3) is 10.2 Å². The lowest BCUT2D eigenvalue weighted by molar-refractivity contribution is -0.120. The normalized spacial score (nSPS) is 23.1. The molecule has 2 saturated heterocycles. The number of hydrogen-bond donors (Lipinski definition) is 1. The van der Waals surface area contributed by atoms with Crippen LogP contribution in [0, 0.1) is 6.92 Å². The summed E-state index contributed by atoms with van der Waals surface area (Å²) in [7, 11) is 0. The monoisotopic (exact) mass is 421 g/mol. The van der Waals surface area contributed by atoms with E-state index in [9.17, 15) is 9.59 Å². The Bertz CT molecular complexity index is 931. The minimum Gasteiger partial charge on any atom is -0.376 e. The highest BCUT2D eigenvalue weighted by Crippen LogP contribution is 2.32. The van der Waals surface area contributed by atoms with Crippen molar-refractivity contribution in [2.24, 2.45) is 0 Å². The Morgan fingerprint density at radius 2 is 2.14 bits per heavy atom. The average molecular weight is 422 g/mol. The highest BCUT2D eigenvalue weighted by molar-refractivity contribution is 8.00. The Morgan fingerprint density at radius 3 is 2.89 bits per heavy atom. The maximum atomic E-state index is 13.5. The van der Waals surface area contributed by atoms with E-state index in [1.807, 2.05) is 0 Å². The number of nitrogens with one attached hydrogen (secondary N) is 1. The molecule has 2 aliphatic rings. The minimum atomic E-state index is -0.200. The van der Waals surface area contributed by atoms with Crippen molar-refractivity contribution in [1.29, 1.82) is 0 Å². The molecule has 0 aromatic carbocycles. The molecule has 0 spiro atoms. The Balaban J connectivity index is 1.78.